The number of rotatable bonds is 25. The number of carboxylic acid groups (broad SMARTS) is 1. The first-order valence-electron chi connectivity index (χ1n) is 17.5. The monoisotopic (exact) mass is 812 g/mol. The highest BCUT2D eigenvalue weighted by Crippen LogP contribution is 2.18. The Morgan fingerprint density at radius 2 is 1.33 bits per heavy atom. The number of ether oxygens (including phenoxy) is 1. The smallest absolute Gasteiger partial charge is 0.305 e. The molecular formula is C39H48N4O13S. The van der Waals surface area contributed by atoms with Crippen LogP contribution in [0.5, 0.6) is 5.75 Å². The molecule has 0 aliphatic carbocycles. The van der Waals surface area contributed by atoms with Crippen molar-refractivity contribution in [1.82, 2.24) is 16.8 Å². The molecule has 0 fully saturated rings. The van der Waals surface area contributed by atoms with E-state index in [0.29, 0.717) is 17.4 Å². The van der Waals surface area contributed by atoms with Crippen LogP contribution in [0.1, 0.15) is 47.9 Å². The van der Waals surface area contributed by atoms with E-state index in [1.807, 2.05) is 0 Å². The number of aromatic hydroxyl groups is 1. The lowest BCUT2D eigenvalue weighted by molar-refractivity contribution is -0.141. The van der Waals surface area contributed by atoms with Crippen molar-refractivity contribution in [2.75, 3.05) is 13.2 Å². The molecule has 18 heteroatoms. The standard InChI is InChI=1S/C39H45N3O13S.H3N/c40-38(50)30(17-26-10-12-31(44)13-11-26)20-32(45)23-55-15-14-36(47)41-34(21-37(48)49)39(51)42-33(18-27-6-8-28(9-7-27)24-56(52,53)54)35(46)19-29(22-43)16-25-4-2-1-3-5-25;/h1-13,22,29-30,33-34,44H,14-21,23-24H2,(H2,40,50)(H,41,47)(H,42,51)(H,48,49)(H,52,53,54);1H3/t29-,30-,33+,34+;/m1./s1. The molecule has 0 heterocycles. The van der Waals surface area contributed by atoms with Crippen molar-refractivity contribution in [3.63, 3.8) is 0 Å². The van der Waals surface area contributed by atoms with Crippen molar-refractivity contribution >= 4 is 51.7 Å². The molecule has 10 N–H and O–H groups in total. The van der Waals surface area contributed by atoms with Gasteiger partial charge in [0, 0.05) is 31.1 Å². The molecule has 308 valence electrons. The first-order chi connectivity index (χ1) is 26.5. The Kier molecular flexibility index (Phi) is 19.3. The van der Waals surface area contributed by atoms with Gasteiger partial charge in [0.1, 0.15) is 30.4 Å². The second-order valence-electron chi connectivity index (χ2n) is 13.3. The highest BCUT2D eigenvalue weighted by molar-refractivity contribution is 7.85. The molecule has 3 amide bonds. The number of amides is 3. The number of phenols is 1. The Morgan fingerprint density at radius 1 is 0.754 bits per heavy atom. The number of hydrogen-bond acceptors (Lipinski definition) is 12. The van der Waals surface area contributed by atoms with Crippen LogP contribution in [0.25, 0.3) is 0 Å². The molecule has 0 saturated heterocycles. The van der Waals surface area contributed by atoms with Crippen molar-refractivity contribution in [2.24, 2.45) is 17.6 Å². The number of carbonyl (C=O) groups is 7. The van der Waals surface area contributed by atoms with Crippen molar-refractivity contribution in [1.29, 1.82) is 0 Å². The van der Waals surface area contributed by atoms with Gasteiger partial charge in [0.2, 0.25) is 17.7 Å². The van der Waals surface area contributed by atoms with Crippen LogP contribution in [0.15, 0.2) is 78.9 Å². The first-order valence-corrected chi connectivity index (χ1v) is 19.1. The zero-order valence-electron chi connectivity index (χ0n) is 31.1. The maximum absolute atomic E-state index is 13.6. The van der Waals surface area contributed by atoms with E-state index in [0.717, 1.165) is 5.56 Å². The maximum Gasteiger partial charge on any atom is 0.305 e. The zero-order chi connectivity index (χ0) is 41.3. The van der Waals surface area contributed by atoms with E-state index < -0.39 is 88.1 Å². The number of carboxylic acids is 1. The summed E-state index contributed by atoms with van der Waals surface area (Å²) in [4.78, 5) is 88.0. The third-order valence-corrected chi connectivity index (χ3v) is 9.27. The van der Waals surface area contributed by atoms with Crippen LogP contribution in [-0.2, 0) is 73.4 Å². The molecule has 0 radical (unpaired) electrons. The summed E-state index contributed by atoms with van der Waals surface area (Å²) in [5.41, 5.74) is 7.65. The molecule has 3 aromatic rings. The summed E-state index contributed by atoms with van der Waals surface area (Å²) in [7, 11) is -4.31. The largest absolute Gasteiger partial charge is 0.508 e. The van der Waals surface area contributed by atoms with Crippen LogP contribution in [0, 0.1) is 11.8 Å². The number of phenolic OH excluding ortho intramolecular Hbond substituents is 1. The van der Waals surface area contributed by atoms with Gasteiger partial charge >= 0.3 is 5.97 Å². The number of carbonyl (C=O) groups excluding carboxylic acids is 6. The Balaban J connectivity index is 0.0000112. The van der Waals surface area contributed by atoms with Crippen LogP contribution in [0.4, 0.5) is 0 Å². The predicted molar refractivity (Wildman–Crippen MR) is 205 cm³/mol. The molecular weight excluding hydrogens is 765 g/mol. The van der Waals surface area contributed by atoms with Gasteiger partial charge in [-0.2, -0.15) is 8.42 Å². The molecule has 3 rings (SSSR count). The molecule has 0 unspecified atom stereocenters. The van der Waals surface area contributed by atoms with Gasteiger partial charge in [0.05, 0.1) is 19.1 Å². The van der Waals surface area contributed by atoms with Crippen molar-refractivity contribution in [3.05, 3.63) is 101 Å². The van der Waals surface area contributed by atoms with E-state index >= 15 is 0 Å². The van der Waals surface area contributed by atoms with E-state index in [2.05, 4.69) is 10.6 Å². The Labute approximate surface area is 329 Å². The Morgan fingerprint density at radius 3 is 1.91 bits per heavy atom. The van der Waals surface area contributed by atoms with Crippen LogP contribution in [-0.4, -0.2) is 90.0 Å². The molecule has 4 atom stereocenters. The number of aliphatic carboxylic acids is 1. The van der Waals surface area contributed by atoms with Gasteiger partial charge in [0.15, 0.2) is 11.6 Å². The van der Waals surface area contributed by atoms with Gasteiger partial charge in [-0.3, -0.25) is 33.3 Å². The quantitative estimate of drug-likeness (QED) is 0.0364. The number of nitrogens with two attached hydrogens (primary N) is 1. The summed E-state index contributed by atoms with van der Waals surface area (Å²) in [6.07, 6.45) is -0.897. The van der Waals surface area contributed by atoms with Crippen LogP contribution >= 0.6 is 0 Å². The van der Waals surface area contributed by atoms with Crippen LogP contribution < -0.4 is 22.5 Å². The molecule has 3 aromatic carbocycles. The predicted octanol–water partition coefficient (Wildman–Crippen LogP) is 1.66. The lowest BCUT2D eigenvalue weighted by Crippen LogP contribution is -2.53. The number of ketones is 2. The number of nitrogens with one attached hydrogen (secondary N) is 2. The molecule has 17 nitrogen and oxygen atoms in total. The van der Waals surface area contributed by atoms with Gasteiger partial charge in [-0.15, -0.1) is 0 Å². The lowest BCUT2D eigenvalue weighted by atomic mass is 9.91. The number of Topliss-reactive ketones (excluding diaryl/α,β-unsaturated/α-hetero) is 2. The Bertz CT molecular complexity index is 1940. The molecule has 0 aromatic heterocycles. The normalized spacial score (nSPS) is 13.1. The van der Waals surface area contributed by atoms with Gasteiger partial charge in [-0.05, 0) is 53.6 Å². The number of benzene rings is 3. The summed E-state index contributed by atoms with van der Waals surface area (Å²) in [5.74, 6) is -7.21. The van der Waals surface area contributed by atoms with E-state index in [1.54, 1.807) is 42.5 Å². The van der Waals surface area contributed by atoms with E-state index in [4.69, 9.17) is 15.0 Å². The second kappa shape index (κ2) is 23.3. The minimum atomic E-state index is -4.31. The number of aldehydes is 1. The van der Waals surface area contributed by atoms with Gasteiger partial charge in [-0.1, -0.05) is 66.7 Å². The van der Waals surface area contributed by atoms with Crippen molar-refractivity contribution in [3.8, 4) is 5.75 Å². The second-order valence-corrected chi connectivity index (χ2v) is 14.8. The molecule has 0 bridgehead atoms. The fourth-order valence-electron chi connectivity index (χ4n) is 5.75. The van der Waals surface area contributed by atoms with Gasteiger partial charge < -0.3 is 42.3 Å². The number of hydrogen-bond donors (Lipinski definition) is 7. The first kappa shape index (κ1) is 47.3. The lowest BCUT2D eigenvalue weighted by Gasteiger charge is -2.23. The van der Waals surface area contributed by atoms with E-state index in [9.17, 15) is 52.2 Å². The van der Waals surface area contributed by atoms with Crippen LogP contribution in [0.2, 0.25) is 0 Å². The molecule has 0 aliphatic heterocycles. The average Bonchev–Trinajstić information content (AvgIpc) is 3.13. The SMILES string of the molecule is N.NC(=O)[C@@H](CC(=O)COCCC(=O)N[C@@H](CC(=O)O)C(=O)N[C@@H](Cc1ccc(CS(=O)(=O)O)cc1)C(=O)C[C@H](C=O)Cc1ccccc1)Cc1ccc(O)cc1. The molecule has 0 aliphatic rings. The summed E-state index contributed by atoms with van der Waals surface area (Å²) in [6.45, 7) is -0.764. The highest BCUT2D eigenvalue weighted by atomic mass is 32.2. The molecule has 57 heavy (non-hydrogen) atoms. The summed E-state index contributed by atoms with van der Waals surface area (Å²) < 4.78 is 37.0. The Hall–Kier alpha value is -5.82. The van der Waals surface area contributed by atoms with Gasteiger partial charge in [0.25, 0.3) is 10.1 Å². The minimum Gasteiger partial charge on any atom is -0.508 e. The summed E-state index contributed by atoms with van der Waals surface area (Å²) >= 11 is 0. The summed E-state index contributed by atoms with van der Waals surface area (Å²) in [6, 6.07) is 17.8. The fraction of sp³-hybridized carbons (Fsp3) is 0.359. The maximum atomic E-state index is 13.6. The molecule has 0 spiro atoms. The fourth-order valence-corrected chi connectivity index (χ4v) is 6.36. The van der Waals surface area contributed by atoms with Crippen LogP contribution in [0.3, 0.4) is 0 Å². The van der Waals surface area contributed by atoms with E-state index in [-0.39, 0.29) is 62.6 Å². The number of primary amides is 1. The van der Waals surface area contributed by atoms with Gasteiger partial charge in [-0.25, -0.2) is 0 Å². The molecule has 0 saturated carbocycles. The van der Waals surface area contributed by atoms with E-state index in [1.165, 1.54) is 36.4 Å². The van der Waals surface area contributed by atoms with Crippen molar-refractivity contribution < 1.29 is 61.5 Å². The average molecular weight is 813 g/mol. The zero-order valence-corrected chi connectivity index (χ0v) is 31.9. The topological polar surface area (TPSA) is 309 Å². The van der Waals surface area contributed by atoms with Crippen molar-refractivity contribution in [2.45, 2.75) is 62.8 Å². The minimum absolute atomic E-state index is 0. The summed E-state index contributed by atoms with van der Waals surface area (Å²) in [5, 5.41) is 23.8. The highest BCUT2D eigenvalue weighted by Gasteiger charge is 2.30. The third kappa shape index (κ3) is 18.1. The third-order valence-electron chi connectivity index (χ3n) is 8.58.